The zero-order valence-electron chi connectivity index (χ0n) is 12.4. The Morgan fingerprint density at radius 3 is 2.35 bits per heavy atom. The van der Waals surface area contributed by atoms with Crippen LogP contribution >= 0.6 is 0 Å². The quantitative estimate of drug-likeness (QED) is 0.914. The zero-order valence-corrected chi connectivity index (χ0v) is 12.4. The highest BCUT2D eigenvalue weighted by atomic mass is 16.3. The molecule has 1 aromatic rings. The first-order valence-corrected chi connectivity index (χ1v) is 8.29. The van der Waals surface area contributed by atoms with Gasteiger partial charge < -0.3 is 5.11 Å². The van der Waals surface area contributed by atoms with Crippen LogP contribution in [0.15, 0.2) is 30.3 Å². The number of aliphatic hydroxyl groups is 1. The molecule has 2 nitrogen and oxygen atoms in total. The summed E-state index contributed by atoms with van der Waals surface area (Å²) < 4.78 is 0. The first-order valence-electron chi connectivity index (χ1n) is 8.29. The number of hydrogen-bond acceptors (Lipinski definition) is 2. The van der Waals surface area contributed by atoms with Gasteiger partial charge in [-0.25, -0.2) is 0 Å². The standard InChI is InChI=1S/C18H27NO/c20-18-9-5-4-8-17(18)19-12-10-16(11-13-19)14-15-6-2-1-3-7-15/h1-3,6-7,16-18,20H,4-5,8-14H2/t17-,18-/m1/s1. The average Bonchev–Trinajstić information content (AvgIpc) is 2.50. The summed E-state index contributed by atoms with van der Waals surface area (Å²) in [5, 5.41) is 10.2. The molecule has 20 heavy (non-hydrogen) atoms. The molecule has 3 rings (SSSR count). The fourth-order valence-corrected chi connectivity index (χ4v) is 3.95. The normalized spacial score (nSPS) is 29.4. The molecule has 1 aliphatic carbocycles. The Balaban J connectivity index is 1.49. The predicted octanol–water partition coefficient (Wildman–Crippen LogP) is 3.24. The molecule has 1 heterocycles. The van der Waals surface area contributed by atoms with E-state index in [1.54, 1.807) is 0 Å². The van der Waals surface area contributed by atoms with Crippen molar-refractivity contribution in [3.05, 3.63) is 35.9 Å². The molecule has 1 aromatic carbocycles. The Morgan fingerprint density at radius 2 is 1.65 bits per heavy atom. The molecule has 2 aliphatic rings. The van der Waals surface area contributed by atoms with E-state index in [-0.39, 0.29) is 6.10 Å². The molecule has 0 spiro atoms. The van der Waals surface area contributed by atoms with Gasteiger partial charge >= 0.3 is 0 Å². The third-order valence-corrected chi connectivity index (χ3v) is 5.18. The smallest absolute Gasteiger partial charge is 0.0695 e. The molecular formula is C18H27NO. The molecular weight excluding hydrogens is 246 g/mol. The Hall–Kier alpha value is -0.860. The van der Waals surface area contributed by atoms with E-state index in [0.717, 1.165) is 12.3 Å². The summed E-state index contributed by atoms with van der Waals surface area (Å²) in [6.45, 7) is 2.36. The van der Waals surface area contributed by atoms with E-state index in [0.29, 0.717) is 6.04 Å². The van der Waals surface area contributed by atoms with Crippen LogP contribution in [-0.4, -0.2) is 35.2 Å². The van der Waals surface area contributed by atoms with Gasteiger partial charge in [0, 0.05) is 6.04 Å². The van der Waals surface area contributed by atoms with Gasteiger partial charge in [-0.15, -0.1) is 0 Å². The van der Waals surface area contributed by atoms with Crippen molar-refractivity contribution in [2.45, 2.75) is 57.1 Å². The van der Waals surface area contributed by atoms with E-state index >= 15 is 0 Å². The van der Waals surface area contributed by atoms with Gasteiger partial charge in [-0.1, -0.05) is 43.2 Å². The third kappa shape index (κ3) is 3.42. The summed E-state index contributed by atoms with van der Waals surface area (Å²) in [4.78, 5) is 2.56. The maximum absolute atomic E-state index is 10.2. The number of nitrogens with zero attached hydrogens (tertiary/aromatic N) is 1. The maximum atomic E-state index is 10.2. The van der Waals surface area contributed by atoms with Crippen molar-refractivity contribution >= 4 is 0 Å². The van der Waals surface area contributed by atoms with E-state index < -0.39 is 0 Å². The molecule has 0 aromatic heterocycles. The van der Waals surface area contributed by atoms with Gasteiger partial charge in [-0.3, -0.25) is 4.90 Å². The van der Waals surface area contributed by atoms with Gasteiger partial charge in [0.05, 0.1) is 6.10 Å². The van der Waals surface area contributed by atoms with Crippen LogP contribution in [0.5, 0.6) is 0 Å². The van der Waals surface area contributed by atoms with E-state index in [2.05, 4.69) is 35.2 Å². The lowest BCUT2D eigenvalue weighted by Crippen LogP contribution is -2.48. The molecule has 2 atom stereocenters. The fraction of sp³-hybridized carbons (Fsp3) is 0.667. The zero-order chi connectivity index (χ0) is 13.8. The van der Waals surface area contributed by atoms with Crippen LogP contribution in [-0.2, 0) is 6.42 Å². The summed E-state index contributed by atoms with van der Waals surface area (Å²) in [6, 6.07) is 11.3. The second-order valence-electron chi connectivity index (χ2n) is 6.59. The van der Waals surface area contributed by atoms with Crippen LogP contribution < -0.4 is 0 Å². The van der Waals surface area contributed by atoms with Gasteiger partial charge in [0.1, 0.15) is 0 Å². The third-order valence-electron chi connectivity index (χ3n) is 5.18. The second kappa shape index (κ2) is 6.73. The van der Waals surface area contributed by atoms with Crippen LogP contribution in [0.1, 0.15) is 44.1 Å². The number of rotatable bonds is 3. The highest BCUT2D eigenvalue weighted by molar-refractivity contribution is 5.15. The molecule has 0 amide bonds. The van der Waals surface area contributed by atoms with Crippen LogP contribution in [0.3, 0.4) is 0 Å². The Kier molecular flexibility index (Phi) is 4.74. The molecule has 0 radical (unpaired) electrons. The summed E-state index contributed by atoms with van der Waals surface area (Å²) >= 11 is 0. The van der Waals surface area contributed by atoms with Crippen molar-refractivity contribution in [1.29, 1.82) is 0 Å². The predicted molar refractivity (Wildman–Crippen MR) is 82.7 cm³/mol. The van der Waals surface area contributed by atoms with Crippen LogP contribution in [0, 0.1) is 5.92 Å². The van der Waals surface area contributed by atoms with Crippen LogP contribution in [0.25, 0.3) is 0 Å². The number of aliphatic hydroxyl groups excluding tert-OH is 1. The minimum Gasteiger partial charge on any atom is -0.391 e. The first kappa shape index (κ1) is 14.1. The second-order valence-corrected chi connectivity index (χ2v) is 6.59. The van der Waals surface area contributed by atoms with Crippen molar-refractivity contribution in [3.63, 3.8) is 0 Å². The summed E-state index contributed by atoms with van der Waals surface area (Å²) in [5.41, 5.74) is 1.48. The van der Waals surface area contributed by atoms with Gasteiger partial charge in [0.2, 0.25) is 0 Å². The topological polar surface area (TPSA) is 23.5 Å². The maximum Gasteiger partial charge on any atom is 0.0695 e. The van der Waals surface area contributed by atoms with Crippen molar-refractivity contribution in [1.82, 2.24) is 4.90 Å². The Morgan fingerprint density at radius 1 is 0.950 bits per heavy atom. The monoisotopic (exact) mass is 273 g/mol. The largest absolute Gasteiger partial charge is 0.391 e. The van der Waals surface area contributed by atoms with E-state index in [1.807, 2.05) is 0 Å². The number of benzene rings is 1. The minimum atomic E-state index is -0.0746. The van der Waals surface area contributed by atoms with Crippen molar-refractivity contribution in [2.24, 2.45) is 5.92 Å². The Bertz CT molecular complexity index is 397. The highest BCUT2D eigenvalue weighted by Gasteiger charge is 2.31. The average molecular weight is 273 g/mol. The molecule has 0 unspecified atom stereocenters. The lowest BCUT2D eigenvalue weighted by atomic mass is 9.86. The van der Waals surface area contributed by atoms with Crippen molar-refractivity contribution in [2.75, 3.05) is 13.1 Å². The lowest BCUT2D eigenvalue weighted by molar-refractivity contribution is 0.00406. The van der Waals surface area contributed by atoms with Gasteiger partial charge in [-0.05, 0) is 56.7 Å². The molecule has 1 aliphatic heterocycles. The molecule has 1 N–H and O–H groups in total. The van der Waals surface area contributed by atoms with E-state index in [1.165, 1.54) is 57.2 Å². The summed E-state index contributed by atoms with van der Waals surface area (Å²) in [5.74, 6) is 0.828. The highest BCUT2D eigenvalue weighted by Crippen LogP contribution is 2.28. The molecule has 0 bridgehead atoms. The first-order chi connectivity index (χ1) is 9.83. The van der Waals surface area contributed by atoms with E-state index in [9.17, 15) is 5.11 Å². The number of hydrogen-bond donors (Lipinski definition) is 1. The van der Waals surface area contributed by atoms with Gasteiger partial charge in [-0.2, -0.15) is 0 Å². The van der Waals surface area contributed by atoms with E-state index in [4.69, 9.17) is 0 Å². The number of piperidine rings is 1. The molecule has 1 saturated heterocycles. The number of likely N-dealkylation sites (tertiary alicyclic amines) is 1. The van der Waals surface area contributed by atoms with Crippen LogP contribution in [0.2, 0.25) is 0 Å². The molecule has 110 valence electrons. The van der Waals surface area contributed by atoms with Gasteiger partial charge in [0.25, 0.3) is 0 Å². The summed E-state index contributed by atoms with van der Waals surface area (Å²) in [6.07, 6.45) is 8.44. The molecule has 2 heteroatoms. The Labute approximate surface area is 122 Å². The summed E-state index contributed by atoms with van der Waals surface area (Å²) in [7, 11) is 0. The van der Waals surface area contributed by atoms with Crippen LogP contribution in [0.4, 0.5) is 0 Å². The lowest BCUT2D eigenvalue weighted by Gasteiger charge is -2.41. The van der Waals surface area contributed by atoms with Crippen molar-refractivity contribution < 1.29 is 5.11 Å². The minimum absolute atomic E-state index is 0.0746. The van der Waals surface area contributed by atoms with Crippen molar-refractivity contribution in [3.8, 4) is 0 Å². The fourth-order valence-electron chi connectivity index (χ4n) is 3.95. The molecule has 1 saturated carbocycles. The van der Waals surface area contributed by atoms with Gasteiger partial charge in [0.15, 0.2) is 0 Å². The SMILES string of the molecule is O[C@@H]1CCCC[C@H]1N1CCC(Cc2ccccc2)CC1. The molecule has 2 fully saturated rings.